The lowest BCUT2D eigenvalue weighted by molar-refractivity contribution is -0.217. The highest BCUT2D eigenvalue weighted by Crippen LogP contribution is 2.00. The Morgan fingerprint density at radius 3 is 3.00 bits per heavy atom. The SMILES string of the molecule is C[O+]=Cc1cccc(C#N)c1. The Hall–Kier alpha value is -1.62. The summed E-state index contributed by atoms with van der Waals surface area (Å²) in [7, 11) is 1.58. The van der Waals surface area contributed by atoms with Crippen molar-refractivity contribution in [1.29, 1.82) is 5.26 Å². The first-order valence-electron chi connectivity index (χ1n) is 3.23. The highest BCUT2D eigenvalue weighted by atomic mass is 16.4. The highest BCUT2D eigenvalue weighted by molar-refractivity contribution is 5.75. The van der Waals surface area contributed by atoms with Crippen molar-refractivity contribution in [2.24, 2.45) is 0 Å². The quantitative estimate of drug-likeness (QED) is 0.437. The van der Waals surface area contributed by atoms with Crippen LogP contribution in [0.2, 0.25) is 0 Å². The predicted octanol–water partition coefficient (Wildman–Crippen LogP) is 1.54. The lowest BCUT2D eigenvalue weighted by atomic mass is 10.2. The maximum absolute atomic E-state index is 8.53. The van der Waals surface area contributed by atoms with Crippen molar-refractivity contribution in [2.45, 2.75) is 0 Å². The number of hydrogen-bond acceptors (Lipinski definition) is 1. The van der Waals surface area contributed by atoms with Crippen LogP contribution in [0.25, 0.3) is 0 Å². The van der Waals surface area contributed by atoms with Crippen molar-refractivity contribution in [1.82, 2.24) is 0 Å². The van der Waals surface area contributed by atoms with Crippen molar-refractivity contribution in [3.8, 4) is 6.07 Å². The Balaban J connectivity index is 3.03. The molecule has 0 heterocycles. The van der Waals surface area contributed by atoms with Gasteiger partial charge in [-0.3, -0.25) is 4.42 Å². The molecule has 0 amide bonds. The van der Waals surface area contributed by atoms with Crippen molar-refractivity contribution in [3.63, 3.8) is 0 Å². The van der Waals surface area contributed by atoms with E-state index in [0.717, 1.165) is 5.56 Å². The molecule has 2 heteroatoms. The Labute approximate surface area is 65.4 Å². The molecule has 0 aromatic heterocycles. The standard InChI is InChI=1S/C9H8NO/c1-11-7-9-4-2-3-8(5-9)6-10/h2-5,7H,1H3/q+1. The average Bonchev–Trinajstić information content (AvgIpc) is 2.06. The lowest BCUT2D eigenvalue weighted by Gasteiger charge is -1.86. The normalized spacial score (nSPS) is 9.82. The number of nitriles is 1. The van der Waals surface area contributed by atoms with Crippen LogP contribution in [0.1, 0.15) is 15.6 Å². The molecular weight excluding hydrogens is 138 g/mol. The van der Waals surface area contributed by atoms with E-state index in [1.54, 1.807) is 25.5 Å². The second-order valence-corrected chi connectivity index (χ2v) is 2.09. The van der Waals surface area contributed by atoms with Crippen LogP contribution in [-0.4, -0.2) is 13.4 Å². The van der Waals surface area contributed by atoms with Gasteiger partial charge in [-0.25, -0.2) is 0 Å². The second kappa shape index (κ2) is 3.52. The van der Waals surface area contributed by atoms with Crippen LogP contribution in [0, 0.1) is 11.3 Å². The van der Waals surface area contributed by atoms with Crippen LogP contribution in [0.5, 0.6) is 0 Å². The summed E-state index contributed by atoms with van der Waals surface area (Å²) < 4.78 is 4.79. The molecule has 1 aromatic rings. The molecule has 0 saturated carbocycles. The van der Waals surface area contributed by atoms with Crippen LogP contribution in [0.15, 0.2) is 24.3 Å². The minimum Gasteiger partial charge on any atom is -0.265 e. The summed E-state index contributed by atoms with van der Waals surface area (Å²) in [5.41, 5.74) is 1.56. The molecule has 11 heavy (non-hydrogen) atoms. The molecule has 0 aliphatic rings. The van der Waals surface area contributed by atoms with Crippen LogP contribution >= 0.6 is 0 Å². The van der Waals surface area contributed by atoms with Gasteiger partial charge in [0.2, 0.25) is 0 Å². The van der Waals surface area contributed by atoms with Gasteiger partial charge in [0.05, 0.1) is 17.2 Å². The minimum absolute atomic E-state index is 0.649. The van der Waals surface area contributed by atoms with Gasteiger partial charge < -0.3 is 0 Å². The largest absolute Gasteiger partial charge is 0.315 e. The number of carbonyl (C=O) groups excluding carboxylic acids is 1. The summed E-state index contributed by atoms with van der Waals surface area (Å²) in [6, 6.07) is 9.28. The van der Waals surface area contributed by atoms with E-state index in [1.165, 1.54) is 0 Å². The highest BCUT2D eigenvalue weighted by Gasteiger charge is 1.94. The first-order valence-corrected chi connectivity index (χ1v) is 3.23. The Morgan fingerprint density at radius 2 is 2.36 bits per heavy atom. The Bertz CT molecular complexity index is 310. The lowest BCUT2D eigenvalue weighted by Crippen LogP contribution is -1.81. The average molecular weight is 146 g/mol. The topological polar surface area (TPSA) is 35.1 Å². The molecule has 2 nitrogen and oxygen atoms in total. The summed E-state index contributed by atoms with van der Waals surface area (Å²) in [5, 5.41) is 8.53. The molecule has 1 rings (SSSR count). The first-order chi connectivity index (χ1) is 5.36. The van der Waals surface area contributed by atoms with E-state index in [9.17, 15) is 0 Å². The van der Waals surface area contributed by atoms with E-state index in [0.29, 0.717) is 5.56 Å². The van der Waals surface area contributed by atoms with E-state index in [-0.39, 0.29) is 0 Å². The number of nitrogens with zero attached hydrogens (tertiary/aromatic N) is 1. The monoisotopic (exact) mass is 146 g/mol. The zero-order valence-corrected chi connectivity index (χ0v) is 6.24. The summed E-state index contributed by atoms with van der Waals surface area (Å²) in [6.07, 6.45) is 1.60. The molecule has 0 aliphatic carbocycles. The zero-order chi connectivity index (χ0) is 8.10. The molecule has 0 N–H and O–H groups in total. The molecule has 0 unspecified atom stereocenters. The second-order valence-electron chi connectivity index (χ2n) is 2.09. The van der Waals surface area contributed by atoms with E-state index in [4.69, 9.17) is 9.69 Å². The van der Waals surface area contributed by atoms with Crippen LogP contribution < -0.4 is 0 Å². The van der Waals surface area contributed by atoms with Gasteiger partial charge in [-0.2, -0.15) is 5.26 Å². The molecule has 54 valence electrons. The molecule has 0 bridgehead atoms. The Kier molecular flexibility index (Phi) is 2.40. The predicted molar refractivity (Wildman–Crippen MR) is 42.5 cm³/mol. The van der Waals surface area contributed by atoms with Gasteiger partial charge in [-0.15, -0.1) is 0 Å². The van der Waals surface area contributed by atoms with E-state index >= 15 is 0 Å². The van der Waals surface area contributed by atoms with Gasteiger partial charge in [0.15, 0.2) is 0 Å². The van der Waals surface area contributed by atoms with Gasteiger partial charge >= 0.3 is 6.29 Å². The number of hydrogen-bond donors (Lipinski definition) is 0. The summed E-state index contributed by atoms with van der Waals surface area (Å²) in [4.78, 5) is 0. The number of aldehydes is 1. The molecule has 0 atom stereocenters. The van der Waals surface area contributed by atoms with Crippen LogP contribution in [0.3, 0.4) is 0 Å². The van der Waals surface area contributed by atoms with Gasteiger partial charge in [0, 0.05) is 0 Å². The summed E-state index contributed by atoms with van der Waals surface area (Å²) in [6.45, 7) is 0. The molecule has 0 spiro atoms. The van der Waals surface area contributed by atoms with Gasteiger partial charge in [-0.1, -0.05) is 6.07 Å². The summed E-state index contributed by atoms with van der Waals surface area (Å²) in [5.74, 6) is 0. The first kappa shape index (κ1) is 7.49. The number of rotatable bonds is 1. The third-order valence-electron chi connectivity index (χ3n) is 1.27. The third-order valence-corrected chi connectivity index (χ3v) is 1.27. The van der Waals surface area contributed by atoms with Crippen molar-refractivity contribution in [3.05, 3.63) is 35.4 Å². The van der Waals surface area contributed by atoms with Gasteiger partial charge in [0.1, 0.15) is 0 Å². The summed E-state index contributed by atoms with van der Waals surface area (Å²) >= 11 is 0. The fraction of sp³-hybridized carbons (Fsp3) is 0.111. The molecule has 0 saturated heterocycles. The van der Waals surface area contributed by atoms with Crippen molar-refractivity contribution < 1.29 is 4.42 Å². The van der Waals surface area contributed by atoms with E-state index < -0.39 is 0 Å². The fourth-order valence-corrected chi connectivity index (χ4v) is 0.818. The van der Waals surface area contributed by atoms with Crippen molar-refractivity contribution >= 4 is 6.29 Å². The molecule has 0 aliphatic heterocycles. The number of benzene rings is 1. The molecular formula is C9H8NO+. The van der Waals surface area contributed by atoms with Gasteiger partial charge in [-0.05, 0) is 18.2 Å². The molecule has 1 aromatic carbocycles. The Morgan fingerprint density at radius 1 is 1.55 bits per heavy atom. The maximum Gasteiger partial charge on any atom is 0.315 e. The third kappa shape index (κ3) is 1.91. The van der Waals surface area contributed by atoms with Crippen molar-refractivity contribution in [2.75, 3.05) is 7.11 Å². The minimum atomic E-state index is 0.649. The van der Waals surface area contributed by atoms with Crippen LogP contribution in [-0.2, 0) is 0 Å². The van der Waals surface area contributed by atoms with Crippen LogP contribution in [0.4, 0.5) is 0 Å². The van der Waals surface area contributed by atoms with E-state index in [2.05, 4.69) is 6.07 Å². The fourth-order valence-electron chi connectivity index (χ4n) is 0.818. The zero-order valence-electron chi connectivity index (χ0n) is 6.24. The molecule has 0 radical (unpaired) electrons. The van der Waals surface area contributed by atoms with E-state index in [1.807, 2.05) is 12.1 Å². The smallest absolute Gasteiger partial charge is 0.265 e. The maximum atomic E-state index is 8.53. The molecule has 0 fully saturated rings. The van der Waals surface area contributed by atoms with Gasteiger partial charge in [0.25, 0.3) is 7.11 Å².